The molecule has 1 unspecified atom stereocenters. The van der Waals surface area contributed by atoms with E-state index in [1.165, 1.54) is 0 Å². The summed E-state index contributed by atoms with van der Waals surface area (Å²) in [7, 11) is 0. The summed E-state index contributed by atoms with van der Waals surface area (Å²) in [5.41, 5.74) is 1.92. The van der Waals surface area contributed by atoms with Crippen molar-refractivity contribution in [1.29, 1.82) is 0 Å². The van der Waals surface area contributed by atoms with Crippen molar-refractivity contribution >= 4 is 5.91 Å². The molecule has 0 spiro atoms. The molecule has 0 saturated carbocycles. The predicted octanol–water partition coefficient (Wildman–Crippen LogP) is 4.57. The monoisotopic (exact) mass is 353 g/mol. The Balaban J connectivity index is 1.54. The first-order valence-corrected chi connectivity index (χ1v) is 9.20. The molecular weight excluding hydrogens is 326 g/mol. The summed E-state index contributed by atoms with van der Waals surface area (Å²) in [6.07, 6.45) is 1.90. The lowest BCUT2D eigenvalue weighted by Crippen LogP contribution is -2.41. The van der Waals surface area contributed by atoms with Gasteiger partial charge in [0, 0.05) is 18.4 Å². The number of hydrogen-bond acceptors (Lipinski definition) is 3. The molecule has 4 nitrogen and oxygen atoms in total. The van der Waals surface area contributed by atoms with Crippen LogP contribution in [0.4, 0.5) is 0 Å². The molecule has 1 amide bonds. The Labute approximate surface area is 155 Å². The fourth-order valence-corrected chi connectivity index (χ4v) is 3.29. The van der Waals surface area contributed by atoms with Gasteiger partial charge in [-0.15, -0.1) is 0 Å². The summed E-state index contributed by atoms with van der Waals surface area (Å²) in [5, 5.41) is 3.17. The number of ether oxygens (including phenoxy) is 2. The topological polar surface area (TPSA) is 47.6 Å². The summed E-state index contributed by atoms with van der Waals surface area (Å²) in [6, 6.07) is 15.8. The van der Waals surface area contributed by atoms with Gasteiger partial charge >= 0.3 is 0 Å². The van der Waals surface area contributed by atoms with Gasteiger partial charge < -0.3 is 14.8 Å². The van der Waals surface area contributed by atoms with E-state index in [4.69, 9.17) is 9.47 Å². The SMILES string of the molecule is Cc1ccc2c(c1)OC(C)(C)CC2NC(=O)CCCOc1ccccc1. The molecule has 1 heterocycles. The van der Waals surface area contributed by atoms with E-state index in [2.05, 4.69) is 31.3 Å². The van der Waals surface area contributed by atoms with Crippen molar-refractivity contribution in [2.45, 2.75) is 51.7 Å². The Morgan fingerprint density at radius 2 is 2.00 bits per heavy atom. The van der Waals surface area contributed by atoms with Gasteiger partial charge in [0.25, 0.3) is 0 Å². The highest BCUT2D eigenvalue weighted by molar-refractivity contribution is 5.76. The van der Waals surface area contributed by atoms with Crippen LogP contribution in [-0.2, 0) is 4.79 Å². The normalized spacial score (nSPS) is 17.7. The fraction of sp³-hybridized carbons (Fsp3) is 0.409. The fourth-order valence-electron chi connectivity index (χ4n) is 3.29. The Kier molecular flexibility index (Phi) is 5.50. The Morgan fingerprint density at radius 3 is 2.77 bits per heavy atom. The lowest BCUT2D eigenvalue weighted by molar-refractivity contribution is -0.122. The van der Waals surface area contributed by atoms with Gasteiger partial charge in [-0.3, -0.25) is 4.79 Å². The second-order valence-corrected chi connectivity index (χ2v) is 7.49. The molecule has 0 aliphatic carbocycles. The molecule has 0 fully saturated rings. The molecule has 138 valence electrons. The van der Waals surface area contributed by atoms with Gasteiger partial charge in [0.15, 0.2) is 0 Å². The molecule has 1 atom stereocenters. The lowest BCUT2D eigenvalue weighted by atomic mass is 9.89. The molecule has 4 heteroatoms. The maximum atomic E-state index is 12.4. The highest BCUT2D eigenvalue weighted by Crippen LogP contribution is 2.39. The van der Waals surface area contributed by atoms with E-state index in [9.17, 15) is 4.79 Å². The van der Waals surface area contributed by atoms with Crippen molar-refractivity contribution in [3.05, 3.63) is 59.7 Å². The molecule has 2 aromatic carbocycles. The zero-order valence-electron chi connectivity index (χ0n) is 15.7. The van der Waals surface area contributed by atoms with Crippen LogP contribution in [0.25, 0.3) is 0 Å². The van der Waals surface area contributed by atoms with E-state index >= 15 is 0 Å². The Morgan fingerprint density at radius 1 is 1.23 bits per heavy atom. The molecule has 3 rings (SSSR count). The summed E-state index contributed by atoms with van der Waals surface area (Å²) in [4.78, 5) is 12.4. The molecular formula is C22H27NO3. The van der Waals surface area contributed by atoms with Crippen LogP contribution >= 0.6 is 0 Å². The molecule has 1 aliphatic rings. The number of aryl methyl sites for hydroxylation is 1. The molecule has 26 heavy (non-hydrogen) atoms. The first kappa shape index (κ1) is 18.3. The maximum absolute atomic E-state index is 12.4. The molecule has 0 radical (unpaired) electrons. The van der Waals surface area contributed by atoms with Crippen LogP contribution < -0.4 is 14.8 Å². The van der Waals surface area contributed by atoms with E-state index in [0.29, 0.717) is 19.4 Å². The molecule has 0 bridgehead atoms. The first-order chi connectivity index (χ1) is 12.4. The van der Waals surface area contributed by atoms with Crippen LogP contribution in [0.2, 0.25) is 0 Å². The van der Waals surface area contributed by atoms with E-state index in [0.717, 1.165) is 29.0 Å². The predicted molar refractivity (Wildman–Crippen MR) is 103 cm³/mol. The van der Waals surface area contributed by atoms with Crippen LogP contribution in [0, 0.1) is 6.92 Å². The van der Waals surface area contributed by atoms with Gasteiger partial charge in [0.2, 0.25) is 5.91 Å². The summed E-state index contributed by atoms with van der Waals surface area (Å²) in [5.74, 6) is 1.76. The number of benzene rings is 2. The summed E-state index contributed by atoms with van der Waals surface area (Å²) < 4.78 is 11.7. The van der Waals surface area contributed by atoms with Crippen LogP contribution in [-0.4, -0.2) is 18.1 Å². The minimum atomic E-state index is -0.296. The van der Waals surface area contributed by atoms with Crippen LogP contribution in [0.3, 0.4) is 0 Å². The van der Waals surface area contributed by atoms with Crippen molar-refractivity contribution in [3.8, 4) is 11.5 Å². The van der Waals surface area contributed by atoms with Gasteiger partial charge in [0.1, 0.15) is 17.1 Å². The van der Waals surface area contributed by atoms with Crippen LogP contribution in [0.5, 0.6) is 11.5 Å². The third kappa shape index (κ3) is 4.78. The molecule has 2 aromatic rings. The van der Waals surface area contributed by atoms with E-state index in [1.54, 1.807) is 0 Å². The number of nitrogens with one attached hydrogen (secondary N) is 1. The van der Waals surface area contributed by atoms with Crippen molar-refractivity contribution in [3.63, 3.8) is 0 Å². The average molecular weight is 353 g/mol. The van der Waals surface area contributed by atoms with Gasteiger partial charge in [-0.2, -0.15) is 0 Å². The summed E-state index contributed by atoms with van der Waals surface area (Å²) in [6.45, 7) is 6.70. The number of amides is 1. The van der Waals surface area contributed by atoms with Crippen molar-refractivity contribution < 1.29 is 14.3 Å². The molecule has 0 saturated heterocycles. The highest BCUT2D eigenvalue weighted by Gasteiger charge is 2.34. The standard InChI is InChI=1S/C22H27NO3/c1-16-11-12-18-19(15-22(2,3)26-20(18)14-16)23-21(24)10-7-13-25-17-8-5-4-6-9-17/h4-6,8-9,11-12,14,19H,7,10,13,15H2,1-3H3,(H,23,24). The molecule has 1 aliphatic heterocycles. The number of para-hydroxylation sites is 1. The van der Waals surface area contributed by atoms with E-state index < -0.39 is 0 Å². The average Bonchev–Trinajstić information content (AvgIpc) is 2.58. The largest absolute Gasteiger partial charge is 0.494 e. The number of carbonyl (C=O) groups excluding carboxylic acids is 1. The van der Waals surface area contributed by atoms with Crippen LogP contribution in [0.1, 0.15) is 50.3 Å². The van der Waals surface area contributed by atoms with Gasteiger partial charge in [0.05, 0.1) is 12.6 Å². The number of carbonyl (C=O) groups is 1. The minimum Gasteiger partial charge on any atom is -0.494 e. The lowest BCUT2D eigenvalue weighted by Gasteiger charge is -2.38. The second-order valence-electron chi connectivity index (χ2n) is 7.49. The maximum Gasteiger partial charge on any atom is 0.220 e. The third-order valence-electron chi connectivity index (χ3n) is 4.52. The van der Waals surface area contributed by atoms with E-state index in [-0.39, 0.29) is 17.6 Å². The summed E-state index contributed by atoms with van der Waals surface area (Å²) >= 11 is 0. The smallest absolute Gasteiger partial charge is 0.220 e. The van der Waals surface area contributed by atoms with Crippen LogP contribution in [0.15, 0.2) is 48.5 Å². The van der Waals surface area contributed by atoms with E-state index in [1.807, 2.05) is 43.3 Å². The quantitative estimate of drug-likeness (QED) is 0.774. The molecule has 0 aromatic heterocycles. The van der Waals surface area contributed by atoms with Gasteiger partial charge in [-0.05, 0) is 51.0 Å². The number of rotatable bonds is 6. The number of hydrogen-bond donors (Lipinski definition) is 1. The zero-order chi connectivity index (χ0) is 18.6. The minimum absolute atomic E-state index is 0.0168. The second kappa shape index (κ2) is 7.81. The van der Waals surface area contributed by atoms with Crippen molar-refractivity contribution in [2.24, 2.45) is 0 Å². The number of fused-ring (bicyclic) bond motifs is 1. The Hall–Kier alpha value is -2.49. The zero-order valence-corrected chi connectivity index (χ0v) is 15.7. The van der Waals surface area contributed by atoms with Crippen molar-refractivity contribution in [1.82, 2.24) is 5.32 Å². The first-order valence-electron chi connectivity index (χ1n) is 9.20. The van der Waals surface area contributed by atoms with Crippen molar-refractivity contribution in [2.75, 3.05) is 6.61 Å². The highest BCUT2D eigenvalue weighted by atomic mass is 16.5. The molecule has 1 N–H and O–H groups in total. The van der Waals surface area contributed by atoms with Gasteiger partial charge in [-0.1, -0.05) is 30.3 Å². The third-order valence-corrected chi connectivity index (χ3v) is 4.52. The van der Waals surface area contributed by atoms with Gasteiger partial charge in [-0.25, -0.2) is 0 Å². The Bertz CT molecular complexity index is 755.